The van der Waals surface area contributed by atoms with E-state index in [2.05, 4.69) is 27.2 Å². The van der Waals surface area contributed by atoms with Crippen LogP contribution in [0.5, 0.6) is 0 Å². The zero-order valence-corrected chi connectivity index (χ0v) is 13.0. The Labute approximate surface area is 136 Å². The van der Waals surface area contributed by atoms with Crippen molar-refractivity contribution < 1.29 is 5.11 Å². The minimum absolute atomic E-state index is 0.299. The second kappa shape index (κ2) is 6.76. The van der Waals surface area contributed by atoms with E-state index >= 15 is 0 Å². The van der Waals surface area contributed by atoms with Crippen molar-refractivity contribution >= 4 is 5.82 Å². The van der Waals surface area contributed by atoms with E-state index in [4.69, 9.17) is 5.26 Å². The number of aliphatic hydroxyl groups is 1. The third-order valence-electron chi connectivity index (χ3n) is 4.32. The number of aromatic nitrogens is 2. The average Bonchev–Trinajstić information content (AvgIpc) is 3.02. The molecule has 0 atom stereocenters. The summed E-state index contributed by atoms with van der Waals surface area (Å²) in [5, 5.41) is 27.7. The van der Waals surface area contributed by atoms with E-state index in [9.17, 15) is 5.11 Å². The van der Waals surface area contributed by atoms with Gasteiger partial charge in [0.05, 0.1) is 5.60 Å². The lowest BCUT2D eigenvalue weighted by Crippen LogP contribution is -2.41. The molecule has 3 rings (SSSR count). The molecule has 0 unspecified atom stereocenters. The van der Waals surface area contributed by atoms with Crippen LogP contribution in [0.3, 0.4) is 0 Å². The maximum atomic E-state index is 10.8. The zero-order valence-electron chi connectivity index (χ0n) is 13.0. The normalized spacial score (nSPS) is 16.0. The monoisotopic (exact) mass is 308 g/mol. The van der Waals surface area contributed by atoms with Gasteiger partial charge in [0.15, 0.2) is 11.5 Å². The summed E-state index contributed by atoms with van der Waals surface area (Å²) in [6.07, 6.45) is 3.77. The van der Waals surface area contributed by atoms with E-state index < -0.39 is 5.60 Å². The van der Waals surface area contributed by atoms with Gasteiger partial charge in [0, 0.05) is 13.1 Å². The fourth-order valence-electron chi connectivity index (χ4n) is 3.12. The van der Waals surface area contributed by atoms with Gasteiger partial charge < -0.3 is 10.0 Å². The van der Waals surface area contributed by atoms with Gasteiger partial charge in [-0.15, -0.1) is 10.2 Å². The second-order valence-corrected chi connectivity index (χ2v) is 6.16. The van der Waals surface area contributed by atoms with Crippen molar-refractivity contribution in [3.8, 4) is 6.07 Å². The molecule has 0 spiro atoms. The van der Waals surface area contributed by atoms with Crippen LogP contribution in [-0.4, -0.2) is 27.4 Å². The largest absolute Gasteiger partial charge is 0.388 e. The zero-order chi connectivity index (χ0) is 16.1. The van der Waals surface area contributed by atoms with Gasteiger partial charge in [-0.25, -0.2) is 0 Å². The molecule has 5 nitrogen and oxygen atoms in total. The lowest BCUT2D eigenvalue weighted by molar-refractivity contribution is 0.0543. The predicted molar refractivity (Wildman–Crippen MR) is 87.7 cm³/mol. The molecular weight excluding hydrogens is 288 g/mol. The van der Waals surface area contributed by atoms with Crippen molar-refractivity contribution in [1.82, 2.24) is 10.2 Å². The smallest absolute Gasteiger partial charge is 0.163 e. The Morgan fingerprint density at radius 2 is 1.83 bits per heavy atom. The highest BCUT2D eigenvalue weighted by atomic mass is 16.3. The Bertz CT molecular complexity index is 672. The lowest BCUT2D eigenvalue weighted by atomic mass is 10.0. The van der Waals surface area contributed by atoms with Crippen molar-refractivity contribution in [3.05, 3.63) is 53.7 Å². The molecule has 23 heavy (non-hydrogen) atoms. The quantitative estimate of drug-likeness (QED) is 0.919. The highest BCUT2D eigenvalue weighted by Gasteiger charge is 2.33. The van der Waals surface area contributed by atoms with Crippen molar-refractivity contribution in [2.75, 3.05) is 11.4 Å². The molecule has 0 amide bonds. The number of nitrogens with zero attached hydrogens (tertiary/aromatic N) is 4. The molecule has 5 heteroatoms. The van der Waals surface area contributed by atoms with Crippen LogP contribution in [0.25, 0.3) is 0 Å². The minimum atomic E-state index is -0.662. The lowest BCUT2D eigenvalue weighted by Gasteiger charge is -2.32. The van der Waals surface area contributed by atoms with E-state index in [1.54, 1.807) is 12.1 Å². The summed E-state index contributed by atoms with van der Waals surface area (Å²) in [4.78, 5) is 2.05. The molecule has 2 aromatic rings. The third kappa shape index (κ3) is 3.85. The van der Waals surface area contributed by atoms with Crippen LogP contribution in [0.15, 0.2) is 42.5 Å². The van der Waals surface area contributed by atoms with Crippen LogP contribution in [0.4, 0.5) is 5.82 Å². The SMILES string of the molecule is N#Cc1ccc(N(Cc2ccccc2)CC2(O)CCCC2)nn1. The molecule has 0 bridgehead atoms. The minimum Gasteiger partial charge on any atom is -0.388 e. The molecule has 1 aliphatic rings. The summed E-state index contributed by atoms with van der Waals surface area (Å²) in [7, 11) is 0. The third-order valence-corrected chi connectivity index (χ3v) is 4.32. The van der Waals surface area contributed by atoms with Crippen molar-refractivity contribution in [1.29, 1.82) is 5.26 Å². The van der Waals surface area contributed by atoms with Gasteiger partial charge in [-0.1, -0.05) is 43.2 Å². The predicted octanol–water partition coefficient (Wildman–Crippen LogP) is 2.66. The molecule has 1 heterocycles. The molecule has 1 aliphatic carbocycles. The Morgan fingerprint density at radius 1 is 1.09 bits per heavy atom. The molecule has 0 aliphatic heterocycles. The first kappa shape index (κ1) is 15.4. The van der Waals surface area contributed by atoms with E-state index in [-0.39, 0.29) is 0 Å². The van der Waals surface area contributed by atoms with Gasteiger partial charge >= 0.3 is 0 Å². The van der Waals surface area contributed by atoms with E-state index in [1.807, 2.05) is 24.3 Å². The molecule has 118 valence electrons. The fraction of sp³-hybridized carbons (Fsp3) is 0.389. The maximum absolute atomic E-state index is 10.8. The number of hydrogen-bond donors (Lipinski definition) is 1. The summed E-state index contributed by atoms with van der Waals surface area (Å²) < 4.78 is 0. The molecule has 1 aromatic carbocycles. The van der Waals surface area contributed by atoms with Crippen LogP contribution in [-0.2, 0) is 6.54 Å². The van der Waals surface area contributed by atoms with Crippen molar-refractivity contribution in [3.63, 3.8) is 0 Å². The number of hydrogen-bond acceptors (Lipinski definition) is 5. The number of benzene rings is 1. The van der Waals surface area contributed by atoms with Crippen LogP contribution >= 0.6 is 0 Å². The number of anilines is 1. The Balaban J connectivity index is 1.84. The van der Waals surface area contributed by atoms with Gasteiger partial charge in [-0.2, -0.15) is 5.26 Å². The molecule has 1 N–H and O–H groups in total. The molecule has 0 radical (unpaired) electrons. The topological polar surface area (TPSA) is 73.0 Å². The Morgan fingerprint density at radius 3 is 2.43 bits per heavy atom. The van der Waals surface area contributed by atoms with E-state index in [0.717, 1.165) is 31.2 Å². The van der Waals surface area contributed by atoms with E-state index in [1.165, 1.54) is 0 Å². The molecule has 0 saturated heterocycles. The van der Waals surface area contributed by atoms with Crippen LogP contribution in [0.2, 0.25) is 0 Å². The summed E-state index contributed by atoms with van der Waals surface area (Å²) in [5.74, 6) is 0.688. The van der Waals surface area contributed by atoms with Crippen LogP contribution in [0, 0.1) is 11.3 Å². The Hall–Kier alpha value is -2.45. The maximum Gasteiger partial charge on any atom is 0.163 e. The van der Waals surface area contributed by atoms with Gasteiger partial charge in [-0.3, -0.25) is 0 Å². The van der Waals surface area contributed by atoms with Gasteiger partial charge in [-0.05, 0) is 30.5 Å². The van der Waals surface area contributed by atoms with Gasteiger partial charge in [0.1, 0.15) is 6.07 Å². The summed E-state index contributed by atoms with van der Waals surface area (Å²) >= 11 is 0. The molecule has 1 fully saturated rings. The van der Waals surface area contributed by atoms with Crippen LogP contribution < -0.4 is 4.90 Å². The summed E-state index contributed by atoms with van der Waals surface area (Å²) in [5.41, 5.74) is 0.790. The number of rotatable bonds is 5. The van der Waals surface area contributed by atoms with E-state index in [0.29, 0.717) is 24.6 Å². The second-order valence-electron chi connectivity index (χ2n) is 6.16. The van der Waals surface area contributed by atoms with Gasteiger partial charge in [0.2, 0.25) is 0 Å². The summed E-state index contributed by atoms with van der Waals surface area (Å²) in [6.45, 7) is 1.19. The Kier molecular flexibility index (Phi) is 4.54. The molecule has 1 aromatic heterocycles. The molecular formula is C18H20N4O. The number of nitriles is 1. The first-order valence-corrected chi connectivity index (χ1v) is 7.94. The van der Waals surface area contributed by atoms with Crippen molar-refractivity contribution in [2.45, 2.75) is 37.8 Å². The highest BCUT2D eigenvalue weighted by molar-refractivity contribution is 5.41. The van der Waals surface area contributed by atoms with Crippen LogP contribution in [0.1, 0.15) is 36.9 Å². The molecule has 1 saturated carbocycles. The van der Waals surface area contributed by atoms with Crippen molar-refractivity contribution in [2.24, 2.45) is 0 Å². The first-order chi connectivity index (χ1) is 11.2. The summed E-state index contributed by atoms with van der Waals surface area (Å²) in [6, 6.07) is 15.6. The first-order valence-electron chi connectivity index (χ1n) is 7.94. The fourth-order valence-corrected chi connectivity index (χ4v) is 3.12. The highest BCUT2D eigenvalue weighted by Crippen LogP contribution is 2.31. The standard InChI is InChI=1S/C18H20N4O/c19-12-16-8-9-17(21-20-16)22(13-15-6-2-1-3-7-15)14-18(23)10-4-5-11-18/h1-3,6-9,23H,4-5,10-11,13-14H2. The average molecular weight is 308 g/mol. The van der Waals surface area contributed by atoms with Gasteiger partial charge in [0.25, 0.3) is 0 Å².